The molecule has 5 nitrogen and oxygen atoms in total. The van der Waals surface area contributed by atoms with Crippen molar-refractivity contribution in [3.8, 4) is 5.88 Å². The smallest absolute Gasteiger partial charge is 0.218 e. The molecule has 0 aromatic carbocycles. The lowest BCUT2D eigenvalue weighted by Gasteiger charge is -2.11. The van der Waals surface area contributed by atoms with Gasteiger partial charge in [0.2, 0.25) is 5.88 Å². The molecule has 2 aromatic rings. The number of pyridine rings is 1. The Balaban J connectivity index is 1.91. The summed E-state index contributed by atoms with van der Waals surface area (Å²) in [6.07, 6.45) is 2.72. The van der Waals surface area contributed by atoms with Crippen LogP contribution in [0, 0.1) is 0 Å². The topological polar surface area (TPSA) is 58.5 Å². The number of hydrogen-bond donors (Lipinski definition) is 2. The summed E-state index contributed by atoms with van der Waals surface area (Å²) < 4.78 is 5.25. The highest BCUT2D eigenvalue weighted by Crippen LogP contribution is 2.14. The second kappa shape index (κ2) is 9.04. The number of aliphatic imine (C=N–C) groups is 1. The monoisotopic (exact) mass is 318 g/mol. The predicted octanol–water partition coefficient (Wildman–Crippen LogP) is 2.45. The summed E-state index contributed by atoms with van der Waals surface area (Å²) in [5.74, 6) is 1.44. The molecule has 22 heavy (non-hydrogen) atoms. The van der Waals surface area contributed by atoms with Crippen molar-refractivity contribution in [2.45, 2.75) is 19.9 Å². The van der Waals surface area contributed by atoms with Gasteiger partial charge in [-0.2, -0.15) is 0 Å². The Labute approximate surface area is 135 Å². The van der Waals surface area contributed by atoms with Crippen LogP contribution in [0.4, 0.5) is 0 Å². The third kappa shape index (κ3) is 5.04. The van der Waals surface area contributed by atoms with E-state index in [1.807, 2.05) is 12.1 Å². The highest BCUT2D eigenvalue weighted by atomic mass is 32.1. The molecule has 0 aliphatic rings. The van der Waals surface area contributed by atoms with Gasteiger partial charge in [0, 0.05) is 29.7 Å². The van der Waals surface area contributed by atoms with Crippen LogP contribution in [-0.2, 0) is 13.0 Å². The number of ether oxygens (including phenoxy) is 1. The van der Waals surface area contributed by atoms with Gasteiger partial charge < -0.3 is 15.4 Å². The van der Waals surface area contributed by atoms with Crippen LogP contribution in [0.15, 0.2) is 40.8 Å². The highest BCUT2D eigenvalue weighted by Gasteiger charge is 2.03. The molecule has 6 heteroatoms. The van der Waals surface area contributed by atoms with E-state index in [0.717, 1.165) is 31.0 Å². The summed E-state index contributed by atoms with van der Waals surface area (Å²) in [4.78, 5) is 10.1. The minimum Gasteiger partial charge on any atom is -0.481 e. The van der Waals surface area contributed by atoms with Gasteiger partial charge in [0.25, 0.3) is 0 Å². The van der Waals surface area contributed by atoms with Gasteiger partial charge in [0.05, 0.1) is 13.7 Å². The zero-order chi connectivity index (χ0) is 15.6. The molecule has 2 rings (SSSR count). The summed E-state index contributed by atoms with van der Waals surface area (Å²) in [5, 5.41) is 8.70. The first kappa shape index (κ1) is 16.3. The van der Waals surface area contributed by atoms with Gasteiger partial charge in [-0.15, -0.1) is 11.3 Å². The van der Waals surface area contributed by atoms with E-state index >= 15 is 0 Å². The Bertz CT molecular complexity index is 584. The molecule has 118 valence electrons. The number of thiophene rings is 1. The van der Waals surface area contributed by atoms with Crippen molar-refractivity contribution in [1.29, 1.82) is 0 Å². The molecule has 0 fully saturated rings. The Morgan fingerprint density at radius 2 is 2.23 bits per heavy atom. The van der Waals surface area contributed by atoms with Crippen molar-refractivity contribution in [3.05, 3.63) is 46.3 Å². The molecule has 0 amide bonds. The van der Waals surface area contributed by atoms with Crippen molar-refractivity contribution in [3.63, 3.8) is 0 Å². The fraction of sp³-hybridized carbons (Fsp3) is 0.375. The van der Waals surface area contributed by atoms with Crippen LogP contribution in [0.2, 0.25) is 0 Å². The average Bonchev–Trinajstić information content (AvgIpc) is 3.06. The molecule has 2 heterocycles. The molecule has 2 aromatic heterocycles. The molecule has 0 spiro atoms. The number of aromatic nitrogens is 1. The quantitative estimate of drug-likeness (QED) is 0.608. The summed E-state index contributed by atoms with van der Waals surface area (Å²) in [6, 6.07) is 8.10. The van der Waals surface area contributed by atoms with Crippen molar-refractivity contribution in [2.24, 2.45) is 4.99 Å². The largest absolute Gasteiger partial charge is 0.481 e. The Hall–Kier alpha value is -2.08. The standard InChI is InChI=1S/C16H22N4OS/c1-3-17-16(19-10-8-14-7-5-11-22-14)20-12-13-6-4-9-18-15(13)21-2/h4-7,9,11H,3,8,10,12H2,1-2H3,(H2,17,19,20). The lowest BCUT2D eigenvalue weighted by molar-refractivity contribution is 0.392. The average molecular weight is 318 g/mol. The van der Waals surface area contributed by atoms with E-state index in [1.165, 1.54) is 4.88 Å². The Morgan fingerprint density at radius 1 is 1.32 bits per heavy atom. The first-order chi connectivity index (χ1) is 10.8. The van der Waals surface area contributed by atoms with Crippen LogP contribution in [0.25, 0.3) is 0 Å². The summed E-state index contributed by atoms with van der Waals surface area (Å²) in [7, 11) is 1.63. The van der Waals surface area contributed by atoms with Crippen LogP contribution in [0.3, 0.4) is 0 Å². The maximum Gasteiger partial charge on any atom is 0.218 e. The Kier molecular flexibility index (Phi) is 6.70. The maximum absolute atomic E-state index is 5.25. The van der Waals surface area contributed by atoms with Crippen molar-refractivity contribution in [2.75, 3.05) is 20.2 Å². The SMILES string of the molecule is CCNC(=NCc1cccnc1OC)NCCc1cccs1. The molecular weight excluding hydrogens is 296 g/mol. The van der Waals surface area contributed by atoms with Crippen LogP contribution in [0.1, 0.15) is 17.4 Å². The molecule has 0 saturated carbocycles. The van der Waals surface area contributed by atoms with Gasteiger partial charge in [0.15, 0.2) is 5.96 Å². The molecule has 0 aliphatic carbocycles. The van der Waals surface area contributed by atoms with Crippen LogP contribution in [-0.4, -0.2) is 31.1 Å². The second-order valence-corrected chi connectivity index (χ2v) is 5.66. The van der Waals surface area contributed by atoms with E-state index < -0.39 is 0 Å². The molecule has 0 atom stereocenters. The lowest BCUT2D eigenvalue weighted by Crippen LogP contribution is -2.38. The molecular formula is C16H22N4OS. The number of methoxy groups -OCH3 is 1. The van der Waals surface area contributed by atoms with E-state index in [0.29, 0.717) is 12.4 Å². The fourth-order valence-electron chi connectivity index (χ4n) is 1.99. The van der Waals surface area contributed by atoms with E-state index in [2.05, 4.69) is 45.0 Å². The number of hydrogen-bond acceptors (Lipinski definition) is 4. The predicted molar refractivity (Wildman–Crippen MR) is 91.6 cm³/mol. The van der Waals surface area contributed by atoms with Gasteiger partial charge in [-0.3, -0.25) is 0 Å². The van der Waals surface area contributed by atoms with E-state index in [1.54, 1.807) is 24.6 Å². The molecule has 0 radical (unpaired) electrons. The first-order valence-corrected chi connectivity index (χ1v) is 8.24. The van der Waals surface area contributed by atoms with E-state index in [4.69, 9.17) is 4.74 Å². The molecule has 0 unspecified atom stereocenters. The van der Waals surface area contributed by atoms with Crippen molar-refractivity contribution < 1.29 is 4.74 Å². The van der Waals surface area contributed by atoms with Gasteiger partial charge in [-0.05, 0) is 30.9 Å². The van der Waals surface area contributed by atoms with Crippen molar-refractivity contribution >= 4 is 17.3 Å². The molecule has 0 bridgehead atoms. The van der Waals surface area contributed by atoms with E-state index in [-0.39, 0.29) is 0 Å². The minimum absolute atomic E-state index is 0.533. The third-order valence-electron chi connectivity index (χ3n) is 3.04. The van der Waals surface area contributed by atoms with Crippen LogP contribution < -0.4 is 15.4 Å². The molecule has 2 N–H and O–H groups in total. The zero-order valence-electron chi connectivity index (χ0n) is 13.0. The summed E-state index contributed by atoms with van der Waals surface area (Å²) in [6.45, 7) is 4.28. The van der Waals surface area contributed by atoms with E-state index in [9.17, 15) is 0 Å². The van der Waals surface area contributed by atoms with Gasteiger partial charge in [-0.25, -0.2) is 9.98 Å². The molecule has 0 aliphatic heterocycles. The number of rotatable bonds is 7. The number of nitrogens with zero attached hydrogens (tertiary/aromatic N) is 2. The normalized spacial score (nSPS) is 11.3. The zero-order valence-corrected chi connectivity index (χ0v) is 13.8. The van der Waals surface area contributed by atoms with Gasteiger partial charge >= 0.3 is 0 Å². The van der Waals surface area contributed by atoms with Gasteiger partial charge in [-0.1, -0.05) is 12.1 Å². The fourth-order valence-corrected chi connectivity index (χ4v) is 2.70. The van der Waals surface area contributed by atoms with Crippen LogP contribution in [0.5, 0.6) is 5.88 Å². The number of nitrogens with one attached hydrogen (secondary N) is 2. The van der Waals surface area contributed by atoms with Crippen LogP contribution >= 0.6 is 11.3 Å². The maximum atomic E-state index is 5.25. The molecule has 0 saturated heterocycles. The third-order valence-corrected chi connectivity index (χ3v) is 3.98. The van der Waals surface area contributed by atoms with Gasteiger partial charge in [0.1, 0.15) is 0 Å². The van der Waals surface area contributed by atoms with Crippen molar-refractivity contribution in [1.82, 2.24) is 15.6 Å². The highest BCUT2D eigenvalue weighted by molar-refractivity contribution is 7.09. The minimum atomic E-state index is 0.533. The first-order valence-electron chi connectivity index (χ1n) is 7.36. The second-order valence-electron chi connectivity index (χ2n) is 4.62. The lowest BCUT2D eigenvalue weighted by atomic mass is 10.3. The summed E-state index contributed by atoms with van der Waals surface area (Å²) >= 11 is 1.78. The summed E-state index contributed by atoms with van der Waals surface area (Å²) in [5.41, 5.74) is 0.973. The number of guanidine groups is 1. The Morgan fingerprint density at radius 3 is 2.95 bits per heavy atom.